The van der Waals surface area contributed by atoms with Crippen LogP contribution in [0, 0.1) is 20.2 Å². The van der Waals surface area contributed by atoms with Crippen molar-refractivity contribution in [3.05, 3.63) is 92.5 Å². The molecule has 2 N–H and O–H groups in total. The van der Waals surface area contributed by atoms with Gasteiger partial charge in [-0.15, -0.1) is 0 Å². The number of carbonyl (C=O) groups excluding carboxylic acids is 2. The number of amides is 2. The van der Waals surface area contributed by atoms with E-state index in [9.17, 15) is 29.8 Å². The highest BCUT2D eigenvalue weighted by atomic mass is 16.6. The fraction of sp³-hybridized carbons (Fsp3) is 0.125. The quantitative estimate of drug-likeness (QED) is 0.188. The van der Waals surface area contributed by atoms with Gasteiger partial charge in [-0.05, 0) is 74.0 Å². The Labute approximate surface area is 210 Å². The van der Waals surface area contributed by atoms with Crippen molar-refractivity contribution in [2.45, 2.75) is 13.8 Å². The van der Waals surface area contributed by atoms with E-state index in [1.165, 1.54) is 12.1 Å². The molecule has 13 heteroatoms. The summed E-state index contributed by atoms with van der Waals surface area (Å²) in [6, 6.07) is 15.7. The molecule has 0 saturated carbocycles. The zero-order valence-corrected chi connectivity index (χ0v) is 19.7. The zero-order chi connectivity index (χ0) is 26.9. The summed E-state index contributed by atoms with van der Waals surface area (Å²) in [6.07, 6.45) is 0. The van der Waals surface area contributed by atoms with Gasteiger partial charge in [-0.1, -0.05) is 0 Å². The Kier molecular flexibility index (Phi) is 8.44. The number of non-ortho nitro benzene ring substituents is 1. The first kappa shape index (κ1) is 26.3. The molecule has 3 rings (SSSR count). The van der Waals surface area contributed by atoms with Crippen LogP contribution in [0.1, 0.15) is 19.4 Å². The second kappa shape index (κ2) is 11.9. The van der Waals surface area contributed by atoms with Crippen molar-refractivity contribution >= 4 is 34.6 Å². The van der Waals surface area contributed by atoms with E-state index in [1.54, 1.807) is 43.3 Å². The van der Waals surface area contributed by atoms with Gasteiger partial charge >= 0.3 is 17.5 Å². The number of benzene rings is 3. The van der Waals surface area contributed by atoms with Gasteiger partial charge in [0.1, 0.15) is 11.5 Å². The van der Waals surface area contributed by atoms with E-state index in [-0.39, 0.29) is 11.5 Å². The summed E-state index contributed by atoms with van der Waals surface area (Å²) in [4.78, 5) is 44.8. The lowest BCUT2D eigenvalue weighted by Crippen LogP contribution is -2.32. The van der Waals surface area contributed by atoms with Gasteiger partial charge in [-0.25, -0.2) is 5.43 Å². The fourth-order valence-electron chi connectivity index (χ4n) is 2.98. The second-order valence-electron chi connectivity index (χ2n) is 7.34. The van der Waals surface area contributed by atoms with Gasteiger partial charge in [-0.3, -0.25) is 29.8 Å². The number of hydrazone groups is 1. The van der Waals surface area contributed by atoms with Crippen LogP contribution in [-0.2, 0) is 9.59 Å². The van der Waals surface area contributed by atoms with E-state index >= 15 is 0 Å². The molecule has 0 saturated heterocycles. The van der Waals surface area contributed by atoms with E-state index < -0.39 is 33.0 Å². The van der Waals surface area contributed by atoms with Crippen LogP contribution in [0.3, 0.4) is 0 Å². The van der Waals surface area contributed by atoms with Crippen molar-refractivity contribution < 1.29 is 28.9 Å². The van der Waals surface area contributed by atoms with Gasteiger partial charge < -0.3 is 14.8 Å². The average Bonchev–Trinajstić information content (AvgIpc) is 2.88. The number of carbonyl (C=O) groups is 2. The van der Waals surface area contributed by atoms with Gasteiger partial charge in [-0.2, -0.15) is 5.10 Å². The van der Waals surface area contributed by atoms with Crippen LogP contribution in [0.4, 0.5) is 17.1 Å². The number of nitro groups is 2. The maximum atomic E-state index is 12.1. The number of nitrogens with zero attached hydrogens (tertiary/aromatic N) is 3. The van der Waals surface area contributed by atoms with Crippen LogP contribution in [0.25, 0.3) is 0 Å². The number of hydrogen-bond acceptors (Lipinski definition) is 9. The molecule has 37 heavy (non-hydrogen) atoms. The van der Waals surface area contributed by atoms with E-state index in [0.717, 1.165) is 18.2 Å². The minimum Gasteiger partial charge on any atom is -0.494 e. The van der Waals surface area contributed by atoms with Crippen molar-refractivity contribution in [1.29, 1.82) is 0 Å². The van der Waals surface area contributed by atoms with Crippen molar-refractivity contribution in [3.63, 3.8) is 0 Å². The van der Waals surface area contributed by atoms with Gasteiger partial charge in [0.2, 0.25) is 5.75 Å². The first-order valence-corrected chi connectivity index (χ1v) is 10.8. The Morgan fingerprint density at radius 3 is 2.14 bits per heavy atom. The maximum absolute atomic E-state index is 12.1. The summed E-state index contributed by atoms with van der Waals surface area (Å²) in [7, 11) is 0. The smallest absolute Gasteiger partial charge is 0.329 e. The van der Waals surface area contributed by atoms with Crippen LogP contribution >= 0.6 is 0 Å². The van der Waals surface area contributed by atoms with E-state index in [0.29, 0.717) is 29.3 Å². The molecule has 3 aromatic carbocycles. The molecule has 0 aliphatic rings. The highest BCUT2D eigenvalue weighted by molar-refractivity contribution is 6.39. The molecular weight excluding hydrogens is 486 g/mol. The number of hydrogen-bond donors (Lipinski definition) is 2. The van der Waals surface area contributed by atoms with Gasteiger partial charge in [0.05, 0.1) is 28.2 Å². The van der Waals surface area contributed by atoms with Crippen LogP contribution in [0.5, 0.6) is 17.2 Å². The van der Waals surface area contributed by atoms with Gasteiger partial charge in [0.15, 0.2) is 0 Å². The largest absolute Gasteiger partial charge is 0.494 e. The summed E-state index contributed by atoms with van der Waals surface area (Å²) >= 11 is 0. The summed E-state index contributed by atoms with van der Waals surface area (Å²) in [5, 5.41) is 28.5. The molecule has 0 atom stereocenters. The molecule has 0 aromatic heterocycles. The lowest BCUT2D eigenvalue weighted by Gasteiger charge is -2.08. The van der Waals surface area contributed by atoms with Crippen molar-refractivity contribution in [3.8, 4) is 17.2 Å². The third-order valence-electron chi connectivity index (χ3n) is 4.80. The number of ether oxygens (including phenoxy) is 2. The molecule has 0 radical (unpaired) electrons. The maximum Gasteiger partial charge on any atom is 0.329 e. The first-order valence-electron chi connectivity index (χ1n) is 10.8. The Morgan fingerprint density at radius 1 is 0.892 bits per heavy atom. The highest BCUT2D eigenvalue weighted by Crippen LogP contribution is 2.34. The van der Waals surface area contributed by atoms with Crippen LogP contribution in [0.2, 0.25) is 0 Å². The SMILES string of the molecule is CCOc1ccc(NC(=O)C(=O)N/N=C(\C)c2ccc(Oc3ccc([N+](=O)[O-])cc3[N+](=O)[O-])cc2)cc1. The third-order valence-corrected chi connectivity index (χ3v) is 4.80. The van der Waals surface area contributed by atoms with Crippen molar-refractivity contribution in [1.82, 2.24) is 5.43 Å². The summed E-state index contributed by atoms with van der Waals surface area (Å²) in [5.41, 5.74) is 2.53. The fourth-order valence-corrected chi connectivity index (χ4v) is 2.98. The number of nitrogens with one attached hydrogen (secondary N) is 2. The highest BCUT2D eigenvalue weighted by Gasteiger charge is 2.21. The zero-order valence-electron chi connectivity index (χ0n) is 19.7. The van der Waals surface area contributed by atoms with E-state index in [1.807, 2.05) is 6.92 Å². The molecule has 0 unspecified atom stereocenters. The number of anilines is 1. The Hall–Kier alpha value is -5.33. The lowest BCUT2D eigenvalue weighted by molar-refractivity contribution is -0.394. The van der Waals surface area contributed by atoms with Crippen molar-refractivity contribution in [2.75, 3.05) is 11.9 Å². The number of rotatable bonds is 9. The molecule has 0 fully saturated rings. The summed E-state index contributed by atoms with van der Waals surface area (Å²) < 4.78 is 10.8. The van der Waals surface area contributed by atoms with E-state index in [2.05, 4.69) is 15.8 Å². The molecule has 0 aliphatic heterocycles. The van der Waals surface area contributed by atoms with Gasteiger partial charge in [0, 0.05) is 11.8 Å². The van der Waals surface area contributed by atoms with Crippen LogP contribution < -0.4 is 20.2 Å². The second-order valence-corrected chi connectivity index (χ2v) is 7.34. The Bertz CT molecular complexity index is 1350. The van der Waals surface area contributed by atoms with Crippen molar-refractivity contribution in [2.24, 2.45) is 5.10 Å². The Balaban J connectivity index is 1.61. The monoisotopic (exact) mass is 507 g/mol. The average molecular weight is 507 g/mol. The molecule has 0 heterocycles. The predicted molar refractivity (Wildman–Crippen MR) is 133 cm³/mol. The van der Waals surface area contributed by atoms with Gasteiger partial charge in [0.25, 0.3) is 5.69 Å². The molecule has 0 aliphatic carbocycles. The Morgan fingerprint density at radius 2 is 1.54 bits per heavy atom. The summed E-state index contributed by atoms with van der Waals surface area (Å²) in [6.45, 7) is 3.95. The third kappa shape index (κ3) is 7.08. The standard InChI is InChI=1S/C24H21N5O8/c1-3-36-19-11-6-17(7-12-19)25-23(30)24(31)27-26-15(2)16-4-9-20(10-5-16)37-22-13-8-18(28(32)33)14-21(22)29(34)35/h4-14H,3H2,1-2H3,(H,25,30)(H,27,31)/b26-15+. The lowest BCUT2D eigenvalue weighted by atomic mass is 10.1. The van der Waals surface area contributed by atoms with Crippen LogP contribution in [0.15, 0.2) is 71.8 Å². The minimum absolute atomic E-state index is 0.167. The predicted octanol–water partition coefficient (Wildman–Crippen LogP) is 4.17. The van der Waals surface area contributed by atoms with E-state index in [4.69, 9.17) is 9.47 Å². The number of nitro benzene ring substituents is 2. The molecule has 0 bridgehead atoms. The minimum atomic E-state index is -0.973. The molecule has 2 amide bonds. The topological polar surface area (TPSA) is 175 Å². The molecule has 13 nitrogen and oxygen atoms in total. The molecule has 3 aromatic rings. The molecule has 0 spiro atoms. The molecular formula is C24H21N5O8. The first-order chi connectivity index (χ1) is 17.7. The normalized spacial score (nSPS) is 10.8. The van der Waals surface area contributed by atoms with Crippen LogP contribution in [-0.4, -0.2) is 34.0 Å². The molecule has 190 valence electrons. The summed E-state index contributed by atoms with van der Waals surface area (Å²) in [5.74, 6) is -1.19.